The molecule has 0 saturated heterocycles. The predicted molar refractivity (Wildman–Crippen MR) is 89.1 cm³/mol. The number of rotatable bonds is 7. The molecule has 0 radical (unpaired) electrons. The third kappa shape index (κ3) is 5.19. The zero-order valence-electron chi connectivity index (χ0n) is 13.4. The Morgan fingerprint density at radius 2 is 1.71 bits per heavy atom. The van der Waals surface area contributed by atoms with Crippen LogP contribution in [0, 0.1) is 5.82 Å². The van der Waals surface area contributed by atoms with Gasteiger partial charge in [0.25, 0.3) is 0 Å². The molecule has 0 aromatic heterocycles. The Hall–Kier alpha value is -2.69. The molecule has 2 aromatic rings. The van der Waals surface area contributed by atoms with Gasteiger partial charge in [0.05, 0.1) is 0 Å². The number of hydrogen-bond acceptors (Lipinski definition) is 2. The first-order valence-electron chi connectivity index (χ1n) is 7.77. The summed E-state index contributed by atoms with van der Waals surface area (Å²) in [5, 5.41) is 11.9. The van der Waals surface area contributed by atoms with E-state index in [1.807, 2.05) is 37.3 Å². The average Bonchev–Trinajstić information content (AvgIpc) is 2.55. The van der Waals surface area contributed by atoms with E-state index in [9.17, 15) is 19.1 Å². The molecule has 1 amide bonds. The lowest BCUT2D eigenvalue weighted by molar-refractivity contribution is -0.141. The number of hydrogen-bond donors (Lipinski definition) is 2. The Labute approximate surface area is 140 Å². The topological polar surface area (TPSA) is 66.4 Å². The minimum Gasteiger partial charge on any atom is -0.480 e. The van der Waals surface area contributed by atoms with Gasteiger partial charge in [-0.05, 0) is 29.2 Å². The van der Waals surface area contributed by atoms with E-state index in [-0.39, 0.29) is 30.5 Å². The van der Waals surface area contributed by atoms with Crippen LogP contribution in [-0.2, 0) is 16.0 Å². The van der Waals surface area contributed by atoms with Crippen molar-refractivity contribution >= 4 is 11.9 Å². The van der Waals surface area contributed by atoms with Crippen molar-refractivity contribution in [1.82, 2.24) is 5.32 Å². The average molecular weight is 329 g/mol. The third-order valence-corrected chi connectivity index (χ3v) is 3.85. The Kier molecular flexibility index (Phi) is 6.07. The van der Waals surface area contributed by atoms with Crippen LogP contribution in [0.15, 0.2) is 54.6 Å². The molecule has 5 heteroatoms. The van der Waals surface area contributed by atoms with Crippen molar-refractivity contribution in [3.05, 3.63) is 71.5 Å². The molecule has 0 bridgehead atoms. The minimum atomic E-state index is -1.07. The van der Waals surface area contributed by atoms with E-state index in [0.717, 1.165) is 11.1 Å². The van der Waals surface area contributed by atoms with Crippen LogP contribution in [0.1, 0.15) is 30.4 Å². The van der Waals surface area contributed by atoms with Gasteiger partial charge in [-0.3, -0.25) is 4.79 Å². The standard InChI is InChI=1S/C19H20FNO3/c1-13(15-7-9-16(20)10-8-15)11-18(22)21-17(19(23)24)12-14-5-3-2-4-6-14/h2-10,13,17H,11-12H2,1H3,(H,21,22)(H,23,24)/t13?,17-/m0/s1. The van der Waals surface area contributed by atoms with Crippen LogP contribution < -0.4 is 5.32 Å². The highest BCUT2D eigenvalue weighted by Gasteiger charge is 2.21. The number of carboxylic acids is 1. The summed E-state index contributed by atoms with van der Waals surface area (Å²) >= 11 is 0. The summed E-state index contributed by atoms with van der Waals surface area (Å²) in [6, 6.07) is 14.1. The van der Waals surface area contributed by atoms with E-state index in [4.69, 9.17) is 0 Å². The largest absolute Gasteiger partial charge is 0.480 e. The zero-order valence-corrected chi connectivity index (χ0v) is 13.4. The molecule has 0 saturated carbocycles. The number of amides is 1. The molecule has 0 heterocycles. The molecule has 0 aliphatic rings. The van der Waals surface area contributed by atoms with Crippen molar-refractivity contribution < 1.29 is 19.1 Å². The summed E-state index contributed by atoms with van der Waals surface area (Å²) in [5.41, 5.74) is 1.68. The first kappa shape index (κ1) is 17.7. The van der Waals surface area contributed by atoms with Gasteiger partial charge in [-0.15, -0.1) is 0 Å². The zero-order chi connectivity index (χ0) is 17.5. The van der Waals surface area contributed by atoms with Gasteiger partial charge < -0.3 is 10.4 Å². The third-order valence-electron chi connectivity index (χ3n) is 3.85. The number of carbonyl (C=O) groups is 2. The van der Waals surface area contributed by atoms with E-state index in [1.165, 1.54) is 12.1 Å². The van der Waals surface area contributed by atoms with Gasteiger partial charge in [-0.1, -0.05) is 49.4 Å². The van der Waals surface area contributed by atoms with Crippen LogP contribution in [0.4, 0.5) is 4.39 Å². The molecular weight excluding hydrogens is 309 g/mol. The summed E-state index contributed by atoms with van der Waals surface area (Å²) in [5.74, 6) is -1.86. The Balaban J connectivity index is 1.95. The van der Waals surface area contributed by atoms with Crippen molar-refractivity contribution in [2.45, 2.75) is 31.7 Å². The monoisotopic (exact) mass is 329 g/mol. The van der Waals surface area contributed by atoms with Crippen molar-refractivity contribution in [3.8, 4) is 0 Å². The second-order valence-electron chi connectivity index (χ2n) is 5.80. The van der Waals surface area contributed by atoms with Crippen LogP contribution in [0.3, 0.4) is 0 Å². The molecule has 0 aliphatic heterocycles. The summed E-state index contributed by atoms with van der Waals surface area (Å²) < 4.78 is 12.9. The number of halogens is 1. The maximum Gasteiger partial charge on any atom is 0.326 e. The molecular formula is C19H20FNO3. The van der Waals surface area contributed by atoms with E-state index in [1.54, 1.807) is 12.1 Å². The maximum absolute atomic E-state index is 12.9. The quantitative estimate of drug-likeness (QED) is 0.820. The normalized spacial score (nSPS) is 13.1. The van der Waals surface area contributed by atoms with Gasteiger partial charge in [-0.2, -0.15) is 0 Å². The smallest absolute Gasteiger partial charge is 0.326 e. The summed E-state index contributed by atoms with van der Waals surface area (Å²) in [6.07, 6.45) is 0.372. The molecule has 0 spiro atoms. The molecule has 4 nitrogen and oxygen atoms in total. The number of benzene rings is 2. The molecule has 2 rings (SSSR count). The molecule has 0 fully saturated rings. The van der Waals surface area contributed by atoms with Crippen molar-refractivity contribution in [2.24, 2.45) is 0 Å². The lowest BCUT2D eigenvalue weighted by Crippen LogP contribution is -2.42. The van der Waals surface area contributed by atoms with Gasteiger partial charge in [0, 0.05) is 12.8 Å². The van der Waals surface area contributed by atoms with Crippen LogP contribution in [0.2, 0.25) is 0 Å². The van der Waals surface area contributed by atoms with Crippen LogP contribution >= 0.6 is 0 Å². The number of carboxylic acid groups (broad SMARTS) is 1. The highest BCUT2D eigenvalue weighted by atomic mass is 19.1. The van der Waals surface area contributed by atoms with Gasteiger partial charge in [-0.25, -0.2) is 9.18 Å². The Morgan fingerprint density at radius 1 is 1.08 bits per heavy atom. The van der Waals surface area contributed by atoms with Crippen LogP contribution in [0.25, 0.3) is 0 Å². The fraction of sp³-hybridized carbons (Fsp3) is 0.263. The summed E-state index contributed by atoms with van der Waals surface area (Å²) in [6.45, 7) is 1.85. The van der Waals surface area contributed by atoms with Crippen LogP contribution in [-0.4, -0.2) is 23.0 Å². The molecule has 2 aromatic carbocycles. The maximum atomic E-state index is 12.9. The Bertz CT molecular complexity index is 686. The number of nitrogens with one attached hydrogen (secondary N) is 1. The SMILES string of the molecule is CC(CC(=O)N[C@@H](Cc1ccccc1)C(=O)O)c1ccc(F)cc1. The minimum absolute atomic E-state index is 0.128. The fourth-order valence-corrected chi connectivity index (χ4v) is 2.49. The van der Waals surface area contributed by atoms with E-state index >= 15 is 0 Å². The first-order chi connectivity index (χ1) is 11.5. The summed E-state index contributed by atoms with van der Waals surface area (Å²) in [4.78, 5) is 23.5. The highest BCUT2D eigenvalue weighted by Crippen LogP contribution is 2.19. The van der Waals surface area contributed by atoms with Crippen molar-refractivity contribution in [1.29, 1.82) is 0 Å². The van der Waals surface area contributed by atoms with Crippen LogP contribution in [0.5, 0.6) is 0 Å². The molecule has 2 atom stereocenters. The van der Waals surface area contributed by atoms with Gasteiger partial charge in [0.2, 0.25) is 5.91 Å². The second-order valence-corrected chi connectivity index (χ2v) is 5.80. The van der Waals surface area contributed by atoms with Crippen molar-refractivity contribution in [3.63, 3.8) is 0 Å². The fourth-order valence-electron chi connectivity index (χ4n) is 2.49. The molecule has 1 unspecified atom stereocenters. The lowest BCUT2D eigenvalue weighted by Gasteiger charge is -2.17. The molecule has 126 valence electrons. The predicted octanol–water partition coefficient (Wildman–Crippen LogP) is 3.13. The van der Waals surface area contributed by atoms with Gasteiger partial charge >= 0.3 is 5.97 Å². The van der Waals surface area contributed by atoms with E-state index in [0.29, 0.717) is 0 Å². The first-order valence-corrected chi connectivity index (χ1v) is 7.77. The Morgan fingerprint density at radius 3 is 2.29 bits per heavy atom. The van der Waals surface area contributed by atoms with Gasteiger partial charge in [0.15, 0.2) is 0 Å². The van der Waals surface area contributed by atoms with Crippen molar-refractivity contribution in [2.75, 3.05) is 0 Å². The molecule has 0 aliphatic carbocycles. The highest BCUT2D eigenvalue weighted by molar-refractivity contribution is 5.84. The number of carbonyl (C=O) groups excluding carboxylic acids is 1. The molecule has 24 heavy (non-hydrogen) atoms. The number of aliphatic carboxylic acids is 1. The molecule has 2 N–H and O–H groups in total. The second kappa shape index (κ2) is 8.24. The van der Waals surface area contributed by atoms with E-state index in [2.05, 4.69) is 5.32 Å². The lowest BCUT2D eigenvalue weighted by atomic mass is 9.97. The van der Waals surface area contributed by atoms with E-state index < -0.39 is 12.0 Å². The summed E-state index contributed by atoms with van der Waals surface area (Å²) in [7, 11) is 0. The van der Waals surface area contributed by atoms with Gasteiger partial charge in [0.1, 0.15) is 11.9 Å².